The van der Waals surface area contributed by atoms with E-state index in [0.29, 0.717) is 24.5 Å². The summed E-state index contributed by atoms with van der Waals surface area (Å²) in [4.78, 5) is 28.3. The molecule has 1 aromatic heterocycles. The molecular weight excluding hydrogens is 296 g/mol. The van der Waals surface area contributed by atoms with Gasteiger partial charge >= 0.3 is 0 Å². The maximum Gasteiger partial charge on any atom is 0.276 e. The van der Waals surface area contributed by atoms with Crippen molar-refractivity contribution in [2.75, 3.05) is 26.7 Å². The van der Waals surface area contributed by atoms with E-state index >= 15 is 0 Å². The van der Waals surface area contributed by atoms with Gasteiger partial charge in [0.2, 0.25) is 5.91 Å². The number of likely N-dealkylation sites (tertiary alicyclic amines) is 2. The van der Waals surface area contributed by atoms with Crippen molar-refractivity contribution in [1.29, 1.82) is 0 Å². The van der Waals surface area contributed by atoms with Gasteiger partial charge in [-0.15, -0.1) is 0 Å². The predicted molar refractivity (Wildman–Crippen MR) is 83.7 cm³/mol. The lowest BCUT2D eigenvalue weighted by atomic mass is 9.66. The summed E-state index contributed by atoms with van der Waals surface area (Å²) in [6.45, 7) is 3.92. The molecule has 2 aliphatic rings. The molecule has 7 nitrogen and oxygen atoms in total. The Morgan fingerprint density at radius 1 is 1.30 bits per heavy atom. The van der Waals surface area contributed by atoms with Crippen molar-refractivity contribution in [2.24, 2.45) is 11.1 Å². The predicted octanol–water partition coefficient (Wildman–Crippen LogP) is 0.785. The summed E-state index contributed by atoms with van der Waals surface area (Å²) < 4.78 is 4.98. The van der Waals surface area contributed by atoms with Crippen LogP contribution in [0.2, 0.25) is 0 Å². The van der Waals surface area contributed by atoms with Crippen LogP contribution in [0.5, 0.6) is 0 Å². The number of piperidine rings is 2. The van der Waals surface area contributed by atoms with Gasteiger partial charge in [0.15, 0.2) is 5.69 Å². The zero-order valence-electron chi connectivity index (χ0n) is 13.7. The highest BCUT2D eigenvalue weighted by Gasteiger charge is 2.48. The van der Waals surface area contributed by atoms with E-state index in [1.807, 2.05) is 7.05 Å². The maximum atomic E-state index is 12.5. The summed E-state index contributed by atoms with van der Waals surface area (Å²) in [5.41, 5.74) is 5.92. The first-order valence-electron chi connectivity index (χ1n) is 8.15. The standard InChI is InChI=1S/C16H24N4O3/c1-11-10-12(18-23-11)15(22)20-8-5-16(6-9-20)4-3-7-19(2)13(16)14(17)21/h10,13H,3-9H2,1-2H3,(H2,17,21). The van der Waals surface area contributed by atoms with Gasteiger partial charge < -0.3 is 15.2 Å². The van der Waals surface area contributed by atoms with Crippen LogP contribution in [0.4, 0.5) is 0 Å². The van der Waals surface area contributed by atoms with Crippen molar-refractivity contribution in [3.05, 3.63) is 17.5 Å². The molecular formula is C16H24N4O3. The second-order valence-corrected chi connectivity index (χ2v) is 6.87. The van der Waals surface area contributed by atoms with E-state index in [1.165, 1.54) is 0 Å². The number of carbonyl (C=O) groups excluding carboxylic acids is 2. The molecule has 1 spiro atoms. The van der Waals surface area contributed by atoms with Gasteiger partial charge in [0, 0.05) is 19.2 Å². The zero-order chi connectivity index (χ0) is 16.6. The molecule has 1 atom stereocenters. The molecule has 2 N–H and O–H groups in total. The molecule has 1 aromatic rings. The molecule has 0 aliphatic carbocycles. The first-order valence-corrected chi connectivity index (χ1v) is 8.15. The Morgan fingerprint density at radius 3 is 2.57 bits per heavy atom. The fraction of sp³-hybridized carbons (Fsp3) is 0.688. The second kappa shape index (κ2) is 5.96. The number of nitrogens with two attached hydrogens (primary N) is 1. The maximum absolute atomic E-state index is 12.5. The number of likely N-dealkylation sites (N-methyl/N-ethyl adjacent to an activating group) is 1. The molecule has 2 aliphatic heterocycles. The summed E-state index contributed by atoms with van der Waals surface area (Å²) >= 11 is 0. The topological polar surface area (TPSA) is 92.7 Å². The van der Waals surface area contributed by atoms with E-state index in [4.69, 9.17) is 10.3 Å². The van der Waals surface area contributed by atoms with Gasteiger partial charge in [-0.05, 0) is 51.6 Å². The smallest absolute Gasteiger partial charge is 0.276 e. The summed E-state index contributed by atoms with van der Waals surface area (Å²) in [6.07, 6.45) is 3.66. The van der Waals surface area contributed by atoms with E-state index < -0.39 is 0 Å². The Labute approximate surface area is 135 Å². The van der Waals surface area contributed by atoms with E-state index in [1.54, 1.807) is 17.9 Å². The van der Waals surface area contributed by atoms with Crippen LogP contribution < -0.4 is 5.73 Å². The van der Waals surface area contributed by atoms with Gasteiger partial charge in [-0.1, -0.05) is 5.16 Å². The molecule has 0 bridgehead atoms. The number of rotatable bonds is 2. The number of aryl methyl sites for hydroxylation is 1. The number of aromatic nitrogens is 1. The molecule has 0 saturated carbocycles. The molecule has 2 saturated heterocycles. The van der Waals surface area contributed by atoms with Crippen LogP contribution in [-0.2, 0) is 4.79 Å². The number of primary amides is 1. The number of hydrogen-bond acceptors (Lipinski definition) is 5. The van der Waals surface area contributed by atoms with Crippen molar-refractivity contribution in [3.63, 3.8) is 0 Å². The summed E-state index contributed by atoms with van der Waals surface area (Å²) in [5, 5.41) is 3.80. The fourth-order valence-electron chi connectivity index (χ4n) is 4.24. The van der Waals surface area contributed by atoms with E-state index in [2.05, 4.69) is 10.1 Å². The highest BCUT2D eigenvalue weighted by atomic mass is 16.5. The van der Waals surface area contributed by atoms with Gasteiger partial charge in [-0.2, -0.15) is 0 Å². The molecule has 23 heavy (non-hydrogen) atoms. The van der Waals surface area contributed by atoms with Gasteiger partial charge in [0.1, 0.15) is 5.76 Å². The third-order valence-electron chi connectivity index (χ3n) is 5.37. The van der Waals surface area contributed by atoms with E-state index in [-0.39, 0.29) is 23.3 Å². The lowest BCUT2D eigenvalue weighted by molar-refractivity contribution is -0.132. The first kappa shape index (κ1) is 16.0. The number of carbonyl (C=O) groups is 2. The van der Waals surface area contributed by atoms with Crippen LogP contribution in [0.25, 0.3) is 0 Å². The molecule has 2 fully saturated rings. The largest absolute Gasteiger partial charge is 0.368 e. The van der Waals surface area contributed by atoms with Crippen LogP contribution in [-0.4, -0.2) is 59.5 Å². The molecule has 7 heteroatoms. The third-order valence-corrected chi connectivity index (χ3v) is 5.37. The average molecular weight is 320 g/mol. The normalized spacial score (nSPS) is 24.8. The molecule has 0 aromatic carbocycles. The fourth-order valence-corrected chi connectivity index (χ4v) is 4.24. The SMILES string of the molecule is Cc1cc(C(=O)N2CCC3(CCCN(C)C3C(N)=O)CC2)no1. The molecule has 126 valence electrons. The van der Waals surface area contributed by atoms with Crippen LogP contribution >= 0.6 is 0 Å². The van der Waals surface area contributed by atoms with Crippen molar-refractivity contribution < 1.29 is 14.1 Å². The van der Waals surface area contributed by atoms with Crippen LogP contribution in [0, 0.1) is 12.3 Å². The Balaban J connectivity index is 1.71. The number of nitrogens with zero attached hydrogens (tertiary/aromatic N) is 3. The van der Waals surface area contributed by atoms with E-state index in [9.17, 15) is 9.59 Å². The average Bonchev–Trinajstić information content (AvgIpc) is 2.93. The Bertz CT molecular complexity index is 604. The van der Waals surface area contributed by atoms with Crippen molar-refractivity contribution in [3.8, 4) is 0 Å². The second-order valence-electron chi connectivity index (χ2n) is 6.87. The lowest BCUT2D eigenvalue weighted by Crippen LogP contribution is -2.60. The van der Waals surface area contributed by atoms with Gasteiger partial charge in [-0.25, -0.2) is 0 Å². The summed E-state index contributed by atoms with van der Waals surface area (Å²) in [5.74, 6) is 0.278. The highest BCUT2D eigenvalue weighted by Crippen LogP contribution is 2.44. The number of amides is 2. The minimum atomic E-state index is -0.251. The van der Waals surface area contributed by atoms with Crippen molar-refractivity contribution in [2.45, 2.75) is 38.6 Å². The molecule has 3 heterocycles. The lowest BCUT2D eigenvalue weighted by Gasteiger charge is -2.51. The van der Waals surface area contributed by atoms with Crippen LogP contribution in [0.1, 0.15) is 41.9 Å². The zero-order valence-corrected chi connectivity index (χ0v) is 13.7. The van der Waals surface area contributed by atoms with Crippen molar-refractivity contribution >= 4 is 11.8 Å². The Hall–Kier alpha value is -1.89. The molecule has 0 radical (unpaired) electrons. The molecule has 1 unspecified atom stereocenters. The van der Waals surface area contributed by atoms with Crippen molar-refractivity contribution in [1.82, 2.24) is 15.0 Å². The van der Waals surface area contributed by atoms with Gasteiger partial charge in [-0.3, -0.25) is 14.5 Å². The summed E-state index contributed by atoms with van der Waals surface area (Å²) in [6, 6.07) is 1.43. The highest BCUT2D eigenvalue weighted by molar-refractivity contribution is 5.92. The minimum Gasteiger partial charge on any atom is -0.368 e. The minimum absolute atomic E-state index is 0.100. The van der Waals surface area contributed by atoms with Crippen LogP contribution in [0.3, 0.4) is 0 Å². The Morgan fingerprint density at radius 2 is 2.00 bits per heavy atom. The summed E-state index contributed by atoms with van der Waals surface area (Å²) in [7, 11) is 1.96. The monoisotopic (exact) mass is 320 g/mol. The van der Waals surface area contributed by atoms with Gasteiger partial charge in [0.25, 0.3) is 5.91 Å². The molecule has 2 amide bonds. The van der Waals surface area contributed by atoms with E-state index in [0.717, 1.165) is 32.2 Å². The third kappa shape index (κ3) is 2.85. The Kier molecular flexibility index (Phi) is 4.14. The molecule has 3 rings (SSSR count). The first-order chi connectivity index (χ1) is 10.9. The van der Waals surface area contributed by atoms with Gasteiger partial charge in [0.05, 0.1) is 6.04 Å². The number of hydrogen-bond donors (Lipinski definition) is 1. The quantitative estimate of drug-likeness (QED) is 0.869. The van der Waals surface area contributed by atoms with Crippen LogP contribution in [0.15, 0.2) is 10.6 Å².